The van der Waals surface area contributed by atoms with Crippen LogP contribution >= 0.6 is 27.3 Å². The lowest BCUT2D eigenvalue weighted by molar-refractivity contribution is 0.0701. The van der Waals surface area contributed by atoms with Crippen molar-refractivity contribution in [2.75, 3.05) is 5.32 Å². The molecular weight excluding hydrogens is 350 g/mol. The smallest absolute Gasteiger partial charge is 0.346 e. The van der Waals surface area contributed by atoms with Gasteiger partial charge in [-0.05, 0) is 52.0 Å². The van der Waals surface area contributed by atoms with Crippen LogP contribution in [0.2, 0.25) is 0 Å². The number of hydrogen-bond acceptors (Lipinski definition) is 3. The number of carboxylic acids is 1. The molecular formula is C16H12BrNO2S. The highest BCUT2D eigenvalue weighted by Crippen LogP contribution is 2.24. The van der Waals surface area contributed by atoms with Gasteiger partial charge in [-0.2, -0.15) is 0 Å². The van der Waals surface area contributed by atoms with Crippen LogP contribution in [0.15, 0.2) is 52.3 Å². The minimum absolute atomic E-state index is 0.396. The Labute approximate surface area is 134 Å². The molecule has 1 aromatic heterocycles. The maximum atomic E-state index is 11.1. The van der Waals surface area contributed by atoms with Gasteiger partial charge in [0.25, 0.3) is 0 Å². The van der Waals surface area contributed by atoms with Crippen molar-refractivity contribution in [1.29, 1.82) is 0 Å². The molecule has 0 aliphatic heterocycles. The van der Waals surface area contributed by atoms with E-state index >= 15 is 0 Å². The van der Waals surface area contributed by atoms with Gasteiger partial charge in [0.2, 0.25) is 0 Å². The number of rotatable bonds is 4. The Hall–Kier alpha value is -1.85. The van der Waals surface area contributed by atoms with Crippen LogP contribution in [0.5, 0.6) is 0 Å². The topological polar surface area (TPSA) is 49.3 Å². The average Bonchev–Trinajstić information content (AvgIpc) is 2.93. The predicted octanol–water partition coefficient (Wildman–Crippen LogP) is 4.97. The van der Waals surface area contributed by atoms with Gasteiger partial charge in [-0.3, -0.25) is 0 Å². The van der Waals surface area contributed by atoms with Gasteiger partial charge >= 0.3 is 5.97 Å². The third-order valence-electron chi connectivity index (χ3n) is 3.23. The van der Waals surface area contributed by atoms with Crippen molar-refractivity contribution < 1.29 is 9.90 Å². The number of carboxylic acid groups (broad SMARTS) is 1. The summed E-state index contributed by atoms with van der Waals surface area (Å²) in [6.45, 7) is 0.507. The molecule has 0 spiro atoms. The second kappa shape index (κ2) is 5.87. The number of halogens is 1. The van der Waals surface area contributed by atoms with Gasteiger partial charge in [0.05, 0.1) is 0 Å². The van der Waals surface area contributed by atoms with Crippen molar-refractivity contribution in [2.45, 2.75) is 6.54 Å². The molecule has 21 heavy (non-hydrogen) atoms. The lowest BCUT2D eigenvalue weighted by Crippen LogP contribution is -2.03. The molecule has 0 aliphatic carbocycles. The zero-order valence-electron chi connectivity index (χ0n) is 11.0. The van der Waals surface area contributed by atoms with Crippen molar-refractivity contribution in [3.8, 4) is 0 Å². The fraction of sp³-hybridized carbons (Fsp3) is 0.0625. The van der Waals surface area contributed by atoms with Crippen LogP contribution in [-0.2, 0) is 6.54 Å². The molecule has 0 bridgehead atoms. The SMILES string of the molecule is O=C(O)c1sccc1CNc1ccc2cc(Br)ccc2c1. The Morgan fingerprint density at radius 1 is 1.14 bits per heavy atom. The van der Waals surface area contributed by atoms with Crippen LogP contribution in [0, 0.1) is 0 Å². The Bertz CT molecular complexity index is 813. The highest BCUT2D eigenvalue weighted by atomic mass is 79.9. The zero-order chi connectivity index (χ0) is 14.8. The van der Waals surface area contributed by atoms with E-state index in [0.717, 1.165) is 26.5 Å². The second-order valence-electron chi connectivity index (χ2n) is 4.64. The number of hydrogen-bond donors (Lipinski definition) is 2. The molecule has 2 aromatic carbocycles. The number of anilines is 1. The number of nitrogens with one attached hydrogen (secondary N) is 1. The fourth-order valence-corrected chi connectivity index (χ4v) is 3.33. The summed E-state index contributed by atoms with van der Waals surface area (Å²) in [6, 6.07) is 14.1. The van der Waals surface area contributed by atoms with Crippen LogP contribution < -0.4 is 5.32 Å². The molecule has 0 amide bonds. The maximum absolute atomic E-state index is 11.1. The molecule has 0 fully saturated rings. The summed E-state index contributed by atoms with van der Waals surface area (Å²) in [4.78, 5) is 11.5. The summed E-state index contributed by atoms with van der Waals surface area (Å²) in [7, 11) is 0. The Kier molecular flexibility index (Phi) is 3.94. The van der Waals surface area contributed by atoms with E-state index in [0.29, 0.717) is 11.4 Å². The first-order valence-corrected chi connectivity index (χ1v) is 8.03. The fourth-order valence-electron chi connectivity index (χ4n) is 2.19. The van der Waals surface area contributed by atoms with Gasteiger partial charge in [0, 0.05) is 16.7 Å². The summed E-state index contributed by atoms with van der Waals surface area (Å²) in [6.07, 6.45) is 0. The summed E-state index contributed by atoms with van der Waals surface area (Å²) in [5.74, 6) is -0.870. The molecule has 1 heterocycles. The van der Waals surface area contributed by atoms with E-state index in [-0.39, 0.29) is 0 Å². The third kappa shape index (κ3) is 3.09. The molecule has 0 saturated carbocycles. The molecule has 2 N–H and O–H groups in total. The Morgan fingerprint density at radius 3 is 2.71 bits per heavy atom. The minimum atomic E-state index is -0.870. The molecule has 106 valence electrons. The van der Waals surface area contributed by atoms with Crippen LogP contribution in [0.3, 0.4) is 0 Å². The number of aromatic carboxylic acids is 1. The van der Waals surface area contributed by atoms with Crippen molar-refractivity contribution in [3.05, 3.63) is 62.8 Å². The first-order chi connectivity index (χ1) is 10.1. The lowest BCUT2D eigenvalue weighted by Gasteiger charge is -2.08. The Morgan fingerprint density at radius 2 is 1.90 bits per heavy atom. The highest BCUT2D eigenvalue weighted by molar-refractivity contribution is 9.10. The van der Waals surface area contributed by atoms with E-state index in [1.807, 2.05) is 24.3 Å². The van der Waals surface area contributed by atoms with E-state index < -0.39 is 5.97 Å². The van der Waals surface area contributed by atoms with Crippen molar-refractivity contribution >= 4 is 49.7 Å². The van der Waals surface area contributed by atoms with Crippen LogP contribution in [-0.4, -0.2) is 11.1 Å². The van der Waals surface area contributed by atoms with Gasteiger partial charge in [-0.1, -0.05) is 28.1 Å². The molecule has 0 radical (unpaired) electrons. The second-order valence-corrected chi connectivity index (χ2v) is 6.47. The molecule has 0 unspecified atom stereocenters. The molecule has 3 aromatic rings. The molecule has 0 saturated heterocycles. The van der Waals surface area contributed by atoms with E-state index in [4.69, 9.17) is 5.11 Å². The highest BCUT2D eigenvalue weighted by Gasteiger charge is 2.11. The summed E-state index contributed by atoms with van der Waals surface area (Å²) in [5.41, 5.74) is 1.79. The largest absolute Gasteiger partial charge is 0.477 e. The van der Waals surface area contributed by atoms with Crippen molar-refractivity contribution in [3.63, 3.8) is 0 Å². The maximum Gasteiger partial charge on any atom is 0.346 e. The van der Waals surface area contributed by atoms with E-state index in [1.54, 1.807) is 5.38 Å². The van der Waals surface area contributed by atoms with Gasteiger partial charge < -0.3 is 10.4 Å². The van der Waals surface area contributed by atoms with Crippen LogP contribution in [0.4, 0.5) is 5.69 Å². The van der Waals surface area contributed by atoms with E-state index in [1.165, 1.54) is 11.3 Å². The first-order valence-electron chi connectivity index (χ1n) is 6.36. The molecule has 0 atom stereocenters. The monoisotopic (exact) mass is 361 g/mol. The standard InChI is InChI=1S/C16H12BrNO2S/c17-13-3-1-11-8-14(4-2-10(11)7-13)18-9-12-5-6-21-15(12)16(19)20/h1-8,18H,9H2,(H,19,20). The molecule has 3 rings (SSSR count). The van der Waals surface area contributed by atoms with Crippen LogP contribution in [0.1, 0.15) is 15.2 Å². The average molecular weight is 362 g/mol. The van der Waals surface area contributed by atoms with Gasteiger partial charge in [-0.25, -0.2) is 4.79 Å². The summed E-state index contributed by atoms with van der Waals surface area (Å²) < 4.78 is 1.06. The van der Waals surface area contributed by atoms with E-state index in [9.17, 15) is 4.79 Å². The summed E-state index contributed by atoms with van der Waals surface area (Å²) >= 11 is 4.71. The minimum Gasteiger partial charge on any atom is -0.477 e. The first kappa shape index (κ1) is 14.1. The summed E-state index contributed by atoms with van der Waals surface area (Å²) in [5, 5.41) is 16.5. The Balaban J connectivity index is 1.80. The van der Waals surface area contributed by atoms with Gasteiger partial charge in [0.15, 0.2) is 0 Å². The molecule has 3 nitrogen and oxygen atoms in total. The number of benzene rings is 2. The van der Waals surface area contributed by atoms with Gasteiger partial charge in [0.1, 0.15) is 4.88 Å². The van der Waals surface area contributed by atoms with E-state index in [2.05, 4.69) is 39.4 Å². The van der Waals surface area contributed by atoms with Gasteiger partial charge in [-0.15, -0.1) is 11.3 Å². The van der Waals surface area contributed by atoms with Crippen LogP contribution in [0.25, 0.3) is 10.8 Å². The van der Waals surface area contributed by atoms with Crippen molar-refractivity contribution in [2.24, 2.45) is 0 Å². The quantitative estimate of drug-likeness (QED) is 0.689. The number of carbonyl (C=O) groups is 1. The zero-order valence-corrected chi connectivity index (χ0v) is 13.4. The lowest BCUT2D eigenvalue weighted by atomic mass is 10.1. The molecule has 0 aliphatic rings. The number of fused-ring (bicyclic) bond motifs is 1. The number of thiophene rings is 1. The predicted molar refractivity (Wildman–Crippen MR) is 90.3 cm³/mol. The molecule has 5 heteroatoms. The normalized spacial score (nSPS) is 10.7. The van der Waals surface area contributed by atoms with Crippen molar-refractivity contribution in [1.82, 2.24) is 0 Å². The third-order valence-corrected chi connectivity index (χ3v) is 4.66.